The number of rotatable bonds is 5. The van der Waals surface area contributed by atoms with Crippen molar-refractivity contribution >= 4 is 39.1 Å². The van der Waals surface area contributed by atoms with Crippen molar-refractivity contribution in [2.45, 2.75) is 11.1 Å². The molecule has 1 unspecified atom stereocenters. The predicted octanol–water partition coefficient (Wildman–Crippen LogP) is 2.06. The number of benzene rings is 1. The van der Waals surface area contributed by atoms with Crippen LogP contribution >= 0.6 is 23.4 Å². The molecule has 1 aromatic rings. The van der Waals surface area contributed by atoms with Crippen LogP contribution in [0, 0.1) is 0 Å². The van der Waals surface area contributed by atoms with Crippen LogP contribution in [0.25, 0.3) is 0 Å². The van der Waals surface area contributed by atoms with Crippen LogP contribution in [0.15, 0.2) is 50.5 Å². The number of primary sulfonamides is 1. The van der Waals surface area contributed by atoms with Crippen LogP contribution in [-0.4, -0.2) is 20.7 Å². The van der Waals surface area contributed by atoms with Gasteiger partial charge < -0.3 is 5.32 Å². The minimum Gasteiger partial charge on any atom is -0.380 e. The lowest BCUT2D eigenvalue weighted by atomic mass is 10.1. The Bertz CT molecular complexity index is 837. The van der Waals surface area contributed by atoms with E-state index in [0.29, 0.717) is 17.8 Å². The fourth-order valence-electron chi connectivity index (χ4n) is 2.24. The van der Waals surface area contributed by atoms with E-state index in [-0.39, 0.29) is 9.92 Å². The standard InChI is InChI=1S/C13H15ClN6O2S2/c14-10-6-11(16-7-8-3-1-2-4-23-8)9(13-17-19-20-18-13)5-12(10)24(15,21)22/h1-3,5-6,13,16H,4,7H2,(H,17,20)(H,18,19)(H2,15,21,22). The van der Waals surface area contributed by atoms with Gasteiger partial charge in [0.05, 0.1) is 5.02 Å². The van der Waals surface area contributed by atoms with E-state index in [0.717, 1.165) is 10.7 Å². The number of hydrogen-bond acceptors (Lipinski definition) is 8. The molecule has 3 rings (SSSR count). The second-order valence-corrected chi connectivity index (χ2v) is 8.10. The second-order valence-electron chi connectivity index (χ2n) is 5.01. The summed E-state index contributed by atoms with van der Waals surface area (Å²) in [6.45, 7) is 0.588. The van der Waals surface area contributed by atoms with Gasteiger partial charge in [0.2, 0.25) is 10.0 Å². The highest BCUT2D eigenvalue weighted by Gasteiger charge is 2.23. The third-order valence-electron chi connectivity index (χ3n) is 3.37. The summed E-state index contributed by atoms with van der Waals surface area (Å²) < 4.78 is 23.4. The first-order valence-electron chi connectivity index (χ1n) is 6.94. The first kappa shape index (κ1) is 17.2. The monoisotopic (exact) mass is 386 g/mol. The Hall–Kier alpha value is -1.59. The molecule has 0 amide bonds. The average molecular weight is 387 g/mol. The Morgan fingerprint density at radius 3 is 2.92 bits per heavy atom. The van der Waals surface area contributed by atoms with Crippen molar-refractivity contribution < 1.29 is 8.42 Å². The van der Waals surface area contributed by atoms with Gasteiger partial charge in [0.1, 0.15) is 4.90 Å². The molecule has 8 nitrogen and oxygen atoms in total. The minimum atomic E-state index is -3.94. The number of anilines is 1. The van der Waals surface area contributed by atoms with Crippen LogP contribution in [0.2, 0.25) is 5.02 Å². The Kier molecular flexibility index (Phi) is 5.11. The summed E-state index contributed by atoms with van der Waals surface area (Å²) in [6.07, 6.45) is 5.56. The maximum atomic E-state index is 11.7. The number of sulfonamides is 1. The summed E-state index contributed by atoms with van der Waals surface area (Å²) in [5.41, 5.74) is 6.57. The van der Waals surface area contributed by atoms with E-state index in [2.05, 4.69) is 32.7 Å². The van der Waals surface area contributed by atoms with Gasteiger partial charge in [-0.15, -0.1) is 16.9 Å². The smallest absolute Gasteiger partial charge is 0.239 e. The number of hydrazine groups is 1. The normalized spacial score (nSPS) is 19.9. The third-order valence-corrected chi connectivity index (χ3v) is 5.75. The molecule has 0 fully saturated rings. The number of halogens is 1. The van der Waals surface area contributed by atoms with Crippen molar-refractivity contribution in [2.75, 3.05) is 17.6 Å². The molecule has 0 aromatic heterocycles. The number of thioether (sulfide) groups is 1. The van der Waals surface area contributed by atoms with E-state index in [9.17, 15) is 8.42 Å². The topological polar surface area (TPSA) is 121 Å². The van der Waals surface area contributed by atoms with E-state index < -0.39 is 16.2 Å². The SMILES string of the molecule is NS(=O)(=O)c1cc(C2N=NNN2)c(NCC2=CC=CCS2)cc1Cl. The van der Waals surface area contributed by atoms with Crippen LogP contribution in [0.4, 0.5) is 5.69 Å². The molecular weight excluding hydrogens is 372 g/mol. The minimum absolute atomic E-state index is 0.0526. The van der Waals surface area contributed by atoms with E-state index >= 15 is 0 Å². The van der Waals surface area contributed by atoms with E-state index in [4.69, 9.17) is 16.7 Å². The van der Waals surface area contributed by atoms with Gasteiger partial charge in [0.15, 0.2) is 6.17 Å². The number of nitrogens with zero attached hydrogens (tertiary/aromatic N) is 2. The summed E-state index contributed by atoms with van der Waals surface area (Å²) in [6, 6.07) is 2.95. The van der Waals surface area contributed by atoms with Crippen LogP contribution in [0.1, 0.15) is 11.7 Å². The van der Waals surface area contributed by atoms with Crippen molar-refractivity contribution in [3.8, 4) is 0 Å². The third kappa shape index (κ3) is 3.90. The maximum absolute atomic E-state index is 11.7. The Balaban J connectivity index is 1.94. The average Bonchev–Trinajstić information content (AvgIpc) is 3.07. The highest BCUT2D eigenvalue weighted by molar-refractivity contribution is 8.03. The van der Waals surface area contributed by atoms with Crippen LogP contribution in [0.3, 0.4) is 0 Å². The van der Waals surface area contributed by atoms with Gasteiger partial charge in [0.25, 0.3) is 0 Å². The predicted molar refractivity (Wildman–Crippen MR) is 94.9 cm³/mol. The highest BCUT2D eigenvalue weighted by Crippen LogP contribution is 2.33. The van der Waals surface area contributed by atoms with Crippen molar-refractivity contribution in [3.63, 3.8) is 0 Å². The van der Waals surface area contributed by atoms with Crippen LogP contribution in [0.5, 0.6) is 0 Å². The molecule has 0 saturated heterocycles. The lowest BCUT2D eigenvalue weighted by molar-refractivity contribution is 0.551. The molecule has 24 heavy (non-hydrogen) atoms. The maximum Gasteiger partial charge on any atom is 0.239 e. The second kappa shape index (κ2) is 7.11. The molecule has 2 aliphatic heterocycles. The molecule has 1 atom stereocenters. The quantitative estimate of drug-likeness (QED) is 0.614. The first-order chi connectivity index (χ1) is 11.4. The summed E-state index contributed by atoms with van der Waals surface area (Å²) in [5, 5.41) is 16.2. The van der Waals surface area contributed by atoms with Gasteiger partial charge >= 0.3 is 0 Å². The molecule has 0 radical (unpaired) electrons. The Morgan fingerprint density at radius 1 is 1.46 bits per heavy atom. The van der Waals surface area contributed by atoms with Gasteiger partial charge in [0, 0.05) is 28.5 Å². The number of hydrogen-bond donors (Lipinski definition) is 4. The molecule has 0 bridgehead atoms. The lowest BCUT2D eigenvalue weighted by Crippen LogP contribution is -2.25. The van der Waals surface area contributed by atoms with Crippen molar-refractivity contribution in [1.82, 2.24) is 11.0 Å². The summed E-state index contributed by atoms with van der Waals surface area (Å²) >= 11 is 7.82. The van der Waals surface area contributed by atoms with Gasteiger partial charge in [-0.3, -0.25) is 0 Å². The van der Waals surface area contributed by atoms with Crippen LogP contribution in [-0.2, 0) is 10.0 Å². The molecule has 0 spiro atoms. The highest BCUT2D eigenvalue weighted by atomic mass is 35.5. The van der Waals surface area contributed by atoms with E-state index in [1.165, 1.54) is 12.1 Å². The van der Waals surface area contributed by atoms with Crippen molar-refractivity contribution in [3.05, 3.63) is 45.9 Å². The van der Waals surface area contributed by atoms with Crippen molar-refractivity contribution in [2.24, 2.45) is 15.5 Å². The van der Waals surface area contributed by atoms with E-state index in [1.54, 1.807) is 11.8 Å². The zero-order valence-corrected chi connectivity index (χ0v) is 14.7. The first-order valence-corrected chi connectivity index (χ1v) is 9.85. The number of nitrogens with one attached hydrogen (secondary N) is 3. The van der Waals surface area contributed by atoms with Gasteiger partial charge in [-0.2, -0.15) is 5.43 Å². The molecule has 2 heterocycles. The number of nitrogens with two attached hydrogens (primary N) is 1. The zero-order valence-electron chi connectivity index (χ0n) is 12.4. The molecule has 2 aliphatic rings. The van der Waals surface area contributed by atoms with Gasteiger partial charge in [-0.05, 0) is 12.1 Å². The zero-order chi connectivity index (χ0) is 17.2. The van der Waals surface area contributed by atoms with Crippen LogP contribution < -0.4 is 21.4 Å². The molecular formula is C13H15ClN6O2S2. The molecule has 1 aromatic carbocycles. The molecule has 128 valence electrons. The molecule has 11 heteroatoms. The Labute approximate surface area is 148 Å². The van der Waals surface area contributed by atoms with Gasteiger partial charge in [-0.1, -0.05) is 35.1 Å². The molecule has 0 aliphatic carbocycles. The Morgan fingerprint density at radius 2 is 2.29 bits per heavy atom. The summed E-state index contributed by atoms with van der Waals surface area (Å²) in [4.78, 5) is 1.01. The van der Waals surface area contributed by atoms with Crippen molar-refractivity contribution in [1.29, 1.82) is 0 Å². The fourth-order valence-corrected chi connectivity index (χ4v) is 4.12. The van der Waals surface area contributed by atoms with E-state index in [1.807, 2.05) is 12.2 Å². The largest absolute Gasteiger partial charge is 0.380 e. The summed E-state index contributed by atoms with van der Waals surface area (Å²) in [7, 11) is -3.94. The lowest BCUT2D eigenvalue weighted by Gasteiger charge is -2.18. The molecule has 0 saturated carbocycles. The molecule has 5 N–H and O–H groups in total. The summed E-state index contributed by atoms with van der Waals surface area (Å²) in [5.74, 6) is 0.924. The number of allylic oxidation sites excluding steroid dienone is 2. The fraction of sp³-hybridized carbons (Fsp3) is 0.231. The van der Waals surface area contributed by atoms with Gasteiger partial charge in [-0.25, -0.2) is 19.1 Å².